The number of ether oxygens (including phenoxy) is 1. The number of piperidine rings is 1. The molecule has 4 N–H and O–H groups in total. The minimum absolute atomic E-state index is 0.0271. The van der Waals surface area contributed by atoms with Gasteiger partial charge in [0.1, 0.15) is 5.54 Å². The lowest BCUT2D eigenvalue weighted by atomic mass is 9.87. The molecular weight excluding hydrogens is 502 g/mol. The molecule has 3 aromatic rings. The van der Waals surface area contributed by atoms with E-state index in [0.717, 1.165) is 16.3 Å². The molecule has 0 saturated carbocycles. The van der Waals surface area contributed by atoms with Crippen molar-refractivity contribution in [3.63, 3.8) is 0 Å². The lowest BCUT2D eigenvalue weighted by molar-refractivity contribution is -0.385. The average Bonchev–Trinajstić information content (AvgIpc) is 2.95. The molecule has 4 rings (SSSR count). The van der Waals surface area contributed by atoms with E-state index in [0.29, 0.717) is 25.9 Å². The predicted octanol–water partition coefficient (Wildman–Crippen LogP) is 1.84. The number of para-hydroxylation sites is 2. The standard InChI is InChI=1S/C28H31N5O6/c34-25(18-21-8-5-7-20-6-1-2-9-22(20)21)30-16-17-31-27(36)28(12-14-29-15-13-28)32-26(35)19-39-24-11-4-3-10-23(24)33(37)38/h1-11,29H,12-19H2,(H,30,34)(H,31,36)(H,32,35). The fourth-order valence-electron chi connectivity index (χ4n) is 4.67. The van der Waals surface area contributed by atoms with E-state index in [1.807, 2.05) is 42.5 Å². The molecule has 11 nitrogen and oxygen atoms in total. The fraction of sp³-hybridized carbons (Fsp3) is 0.321. The van der Waals surface area contributed by atoms with Crippen LogP contribution in [-0.2, 0) is 20.8 Å². The van der Waals surface area contributed by atoms with Crippen LogP contribution in [0.2, 0.25) is 0 Å². The van der Waals surface area contributed by atoms with Crippen molar-refractivity contribution in [3.05, 3.63) is 82.4 Å². The average molecular weight is 534 g/mol. The van der Waals surface area contributed by atoms with Crippen LogP contribution in [0.4, 0.5) is 5.69 Å². The van der Waals surface area contributed by atoms with E-state index in [4.69, 9.17) is 4.74 Å². The number of carbonyl (C=O) groups is 3. The van der Waals surface area contributed by atoms with E-state index in [2.05, 4.69) is 21.3 Å². The molecule has 3 amide bonds. The zero-order valence-electron chi connectivity index (χ0n) is 21.4. The van der Waals surface area contributed by atoms with E-state index < -0.39 is 23.0 Å². The Morgan fingerprint density at radius 1 is 0.897 bits per heavy atom. The Balaban J connectivity index is 1.27. The second kappa shape index (κ2) is 12.8. The fourth-order valence-corrected chi connectivity index (χ4v) is 4.67. The summed E-state index contributed by atoms with van der Waals surface area (Å²) < 4.78 is 5.38. The maximum Gasteiger partial charge on any atom is 0.310 e. The van der Waals surface area contributed by atoms with Crippen LogP contribution in [0.1, 0.15) is 18.4 Å². The normalized spacial score (nSPS) is 14.3. The topological polar surface area (TPSA) is 152 Å². The highest BCUT2D eigenvalue weighted by Crippen LogP contribution is 2.26. The summed E-state index contributed by atoms with van der Waals surface area (Å²) in [7, 11) is 0. The zero-order chi connectivity index (χ0) is 27.7. The summed E-state index contributed by atoms with van der Waals surface area (Å²) >= 11 is 0. The minimum Gasteiger partial charge on any atom is -0.477 e. The van der Waals surface area contributed by atoms with Gasteiger partial charge in [-0.15, -0.1) is 0 Å². The molecule has 11 heteroatoms. The van der Waals surface area contributed by atoms with Crippen LogP contribution in [-0.4, -0.2) is 61.0 Å². The molecule has 0 unspecified atom stereocenters. The first-order chi connectivity index (χ1) is 18.9. The first kappa shape index (κ1) is 27.5. The Kier molecular flexibility index (Phi) is 9.06. The van der Waals surface area contributed by atoms with E-state index in [-0.39, 0.29) is 42.8 Å². The molecule has 0 aromatic heterocycles. The van der Waals surface area contributed by atoms with Gasteiger partial charge < -0.3 is 26.0 Å². The largest absolute Gasteiger partial charge is 0.477 e. The van der Waals surface area contributed by atoms with Crippen molar-refractivity contribution < 1.29 is 24.0 Å². The van der Waals surface area contributed by atoms with Gasteiger partial charge in [0.25, 0.3) is 5.91 Å². The summed E-state index contributed by atoms with van der Waals surface area (Å²) in [6.45, 7) is 1.01. The number of fused-ring (bicyclic) bond motifs is 1. The Labute approximate surface area is 225 Å². The second-order valence-electron chi connectivity index (χ2n) is 9.31. The van der Waals surface area contributed by atoms with Gasteiger partial charge in [0, 0.05) is 19.2 Å². The number of hydrogen-bond donors (Lipinski definition) is 4. The number of rotatable bonds is 11. The summed E-state index contributed by atoms with van der Waals surface area (Å²) in [5.74, 6) is -1.10. The van der Waals surface area contributed by atoms with Crippen molar-refractivity contribution in [1.29, 1.82) is 0 Å². The molecule has 204 valence electrons. The van der Waals surface area contributed by atoms with Gasteiger partial charge in [-0.3, -0.25) is 24.5 Å². The van der Waals surface area contributed by atoms with Gasteiger partial charge in [-0.05, 0) is 48.3 Å². The monoisotopic (exact) mass is 533 g/mol. The van der Waals surface area contributed by atoms with Crippen LogP contribution in [0.15, 0.2) is 66.7 Å². The maximum absolute atomic E-state index is 13.2. The zero-order valence-corrected chi connectivity index (χ0v) is 21.4. The van der Waals surface area contributed by atoms with Gasteiger partial charge in [0.05, 0.1) is 11.3 Å². The molecule has 1 saturated heterocycles. The lowest BCUT2D eigenvalue weighted by Crippen LogP contribution is -2.63. The van der Waals surface area contributed by atoms with Crippen molar-refractivity contribution in [2.75, 3.05) is 32.8 Å². The van der Waals surface area contributed by atoms with Gasteiger partial charge >= 0.3 is 5.69 Å². The number of hydrogen-bond acceptors (Lipinski definition) is 7. The van der Waals surface area contributed by atoms with Crippen LogP contribution in [0.3, 0.4) is 0 Å². The van der Waals surface area contributed by atoms with Crippen molar-refractivity contribution in [2.24, 2.45) is 0 Å². The number of amides is 3. The summed E-state index contributed by atoms with van der Waals surface area (Å²) in [6, 6.07) is 19.5. The molecule has 0 aliphatic carbocycles. The first-order valence-electron chi connectivity index (χ1n) is 12.8. The molecule has 1 aliphatic rings. The number of nitro groups is 1. The highest BCUT2D eigenvalue weighted by atomic mass is 16.6. The van der Waals surface area contributed by atoms with Crippen LogP contribution in [0, 0.1) is 10.1 Å². The smallest absolute Gasteiger partial charge is 0.310 e. The molecule has 0 radical (unpaired) electrons. The number of nitro benzene ring substituents is 1. The van der Waals surface area contributed by atoms with Crippen LogP contribution in [0.5, 0.6) is 5.75 Å². The van der Waals surface area contributed by atoms with Crippen molar-refractivity contribution in [1.82, 2.24) is 21.3 Å². The molecular formula is C28H31N5O6. The predicted molar refractivity (Wildman–Crippen MR) is 145 cm³/mol. The molecule has 1 heterocycles. The van der Waals surface area contributed by atoms with Gasteiger partial charge in [-0.25, -0.2) is 0 Å². The molecule has 1 fully saturated rings. The van der Waals surface area contributed by atoms with Gasteiger partial charge in [-0.2, -0.15) is 0 Å². The van der Waals surface area contributed by atoms with Crippen LogP contribution < -0.4 is 26.0 Å². The molecule has 0 atom stereocenters. The SMILES string of the molecule is O=C(Cc1cccc2ccccc12)NCCNC(=O)C1(NC(=O)COc2ccccc2[N+](=O)[O-])CCNCC1. The van der Waals surface area contributed by atoms with E-state index >= 15 is 0 Å². The third-order valence-electron chi connectivity index (χ3n) is 6.65. The Morgan fingerprint density at radius 3 is 2.38 bits per heavy atom. The van der Waals surface area contributed by atoms with Gasteiger partial charge in [-0.1, -0.05) is 54.6 Å². The highest BCUT2D eigenvalue weighted by Gasteiger charge is 2.40. The van der Waals surface area contributed by atoms with Crippen molar-refractivity contribution in [2.45, 2.75) is 24.8 Å². The second-order valence-corrected chi connectivity index (χ2v) is 9.31. The molecule has 3 aromatic carbocycles. The summed E-state index contributed by atoms with van der Waals surface area (Å²) in [5.41, 5.74) is -0.474. The summed E-state index contributed by atoms with van der Waals surface area (Å²) in [6.07, 6.45) is 0.952. The highest BCUT2D eigenvalue weighted by molar-refractivity contribution is 5.92. The van der Waals surface area contributed by atoms with E-state index in [1.54, 1.807) is 6.07 Å². The Bertz CT molecular complexity index is 1350. The molecule has 1 aliphatic heterocycles. The third kappa shape index (κ3) is 7.08. The van der Waals surface area contributed by atoms with Crippen LogP contribution in [0.25, 0.3) is 10.8 Å². The minimum atomic E-state index is -1.15. The van der Waals surface area contributed by atoms with Crippen molar-refractivity contribution in [3.8, 4) is 5.75 Å². The van der Waals surface area contributed by atoms with E-state index in [1.165, 1.54) is 18.2 Å². The molecule has 0 spiro atoms. The number of carbonyl (C=O) groups excluding carboxylic acids is 3. The molecule has 39 heavy (non-hydrogen) atoms. The molecule has 0 bridgehead atoms. The number of nitrogens with zero attached hydrogens (tertiary/aromatic N) is 1. The lowest BCUT2D eigenvalue weighted by Gasteiger charge is -2.37. The summed E-state index contributed by atoms with van der Waals surface area (Å²) in [5, 5.41) is 24.9. The Hall–Kier alpha value is -4.51. The van der Waals surface area contributed by atoms with Gasteiger partial charge in [0.2, 0.25) is 11.8 Å². The quantitative estimate of drug-likeness (QED) is 0.167. The van der Waals surface area contributed by atoms with Crippen molar-refractivity contribution >= 4 is 34.2 Å². The summed E-state index contributed by atoms with van der Waals surface area (Å²) in [4.78, 5) is 49.0. The first-order valence-corrected chi connectivity index (χ1v) is 12.8. The van der Waals surface area contributed by atoms with E-state index in [9.17, 15) is 24.5 Å². The van der Waals surface area contributed by atoms with Gasteiger partial charge in [0.15, 0.2) is 12.4 Å². The third-order valence-corrected chi connectivity index (χ3v) is 6.65. The van der Waals surface area contributed by atoms with Crippen LogP contribution >= 0.6 is 0 Å². The number of nitrogens with one attached hydrogen (secondary N) is 4. The Morgan fingerprint density at radius 2 is 1.59 bits per heavy atom. The maximum atomic E-state index is 13.2. The number of benzene rings is 3.